The molecule has 0 N–H and O–H groups in total. The highest BCUT2D eigenvalue weighted by molar-refractivity contribution is 8.00. The highest BCUT2D eigenvalue weighted by Crippen LogP contribution is 2.25. The smallest absolute Gasteiger partial charge is 0.315 e. The van der Waals surface area contributed by atoms with E-state index in [1.807, 2.05) is 13.8 Å². The number of amides is 1. The van der Waals surface area contributed by atoms with Gasteiger partial charge in [0.25, 0.3) is 5.91 Å². The van der Waals surface area contributed by atoms with Crippen LogP contribution in [0.2, 0.25) is 0 Å². The summed E-state index contributed by atoms with van der Waals surface area (Å²) < 4.78 is 24.2. The molecule has 1 fully saturated rings. The van der Waals surface area contributed by atoms with Gasteiger partial charge in [-0.05, 0) is 6.92 Å². The number of carbonyl (C=O) groups excluding carboxylic acids is 1. The van der Waals surface area contributed by atoms with Gasteiger partial charge in [0.2, 0.25) is 0 Å². The first-order chi connectivity index (χ1) is 6.04. The van der Waals surface area contributed by atoms with Crippen LogP contribution in [-0.4, -0.2) is 40.8 Å². The lowest BCUT2D eigenvalue weighted by molar-refractivity contribution is -0.144. The maximum Gasteiger partial charge on any atom is 0.315 e. The molecule has 1 amide bonds. The first kappa shape index (κ1) is 10.8. The van der Waals surface area contributed by atoms with Crippen LogP contribution in [0.25, 0.3) is 0 Å². The Morgan fingerprint density at radius 2 is 2.15 bits per heavy atom. The number of alkyl halides is 2. The average molecular weight is 209 g/mol. The largest absolute Gasteiger partial charge is 0.333 e. The Hall–Kier alpha value is -0.320. The van der Waals surface area contributed by atoms with Crippen LogP contribution in [0.4, 0.5) is 8.78 Å². The van der Waals surface area contributed by atoms with Crippen molar-refractivity contribution in [1.29, 1.82) is 0 Å². The van der Waals surface area contributed by atoms with Gasteiger partial charge in [0, 0.05) is 23.6 Å². The summed E-state index contributed by atoms with van der Waals surface area (Å²) in [5.74, 6) is -0.274. The van der Waals surface area contributed by atoms with Crippen LogP contribution in [0.5, 0.6) is 0 Å². The molecule has 0 radical (unpaired) electrons. The zero-order valence-electron chi connectivity index (χ0n) is 7.67. The third kappa shape index (κ3) is 2.33. The highest BCUT2D eigenvalue weighted by atomic mass is 32.2. The second kappa shape index (κ2) is 4.26. The SMILES string of the molecule is CC1SCCN(C(=O)C(F)F)C1C. The van der Waals surface area contributed by atoms with Gasteiger partial charge in [0.1, 0.15) is 0 Å². The molecule has 0 aromatic carbocycles. The molecule has 2 atom stereocenters. The van der Waals surface area contributed by atoms with Gasteiger partial charge < -0.3 is 4.90 Å². The van der Waals surface area contributed by atoms with E-state index >= 15 is 0 Å². The molecule has 0 bridgehead atoms. The van der Waals surface area contributed by atoms with Crippen LogP contribution in [0.15, 0.2) is 0 Å². The van der Waals surface area contributed by atoms with Crippen molar-refractivity contribution in [1.82, 2.24) is 4.90 Å². The van der Waals surface area contributed by atoms with E-state index in [-0.39, 0.29) is 11.3 Å². The normalized spacial score (nSPS) is 29.5. The Balaban J connectivity index is 2.62. The lowest BCUT2D eigenvalue weighted by Gasteiger charge is -2.37. The van der Waals surface area contributed by atoms with Crippen molar-refractivity contribution in [3.63, 3.8) is 0 Å². The van der Waals surface area contributed by atoms with E-state index in [4.69, 9.17) is 0 Å². The first-order valence-electron chi connectivity index (χ1n) is 4.24. The van der Waals surface area contributed by atoms with Crippen molar-refractivity contribution in [2.24, 2.45) is 0 Å². The summed E-state index contributed by atoms with van der Waals surface area (Å²) >= 11 is 1.72. The third-order valence-electron chi connectivity index (χ3n) is 2.35. The predicted molar refractivity (Wildman–Crippen MR) is 49.1 cm³/mol. The van der Waals surface area contributed by atoms with E-state index < -0.39 is 12.3 Å². The van der Waals surface area contributed by atoms with Gasteiger partial charge in [-0.3, -0.25) is 4.79 Å². The van der Waals surface area contributed by atoms with Crippen LogP contribution in [0.1, 0.15) is 13.8 Å². The molecular formula is C8H13F2NOS. The lowest BCUT2D eigenvalue weighted by Crippen LogP contribution is -2.50. The summed E-state index contributed by atoms with van der Waals surface area (Å²) in [6.07, 6.45) is -2.86. The summed E-state index contributed by atoms with van der Waals surface area (Å²) in [7, 11) is 0. The molecule has 0 aliphatic carbocycles. The summed E-state index contributed by atoms with van der Waals surface area (Å²) in [5, 5.41) is 0.247. The molecule has 2 unspecified atom stereocenters. The molecule has 0 spiro atoms. The molecular weight excluding hydrogens is 196 g/mol. The maximum atomic E-state index is 12.1. The van der Waals surface area contributed by atoms with E-state index in [1.165, 1.54) is 4.90 Å². The minimum Gasteiger partial charge on any atom is -0.333 e. The number of nitrogens with zero attached hydrogens (tertiary/aromatic N) is 1. The lowest BCUT2D eigenvalue weighted by atomic mass is 10.2. The summed E-state index contributed by atoms with van der Waals surface area (Å²) in [6, 6.07) is -0.0831. The van der Waals surface area contributed by atoms with Gasteiger partial charge in [-0.2, -0.15) is 20.5 Å². The second-order valence-corrected chi connectivity index (χ2v) is 4.63. The van der Waals surface area contributed by atoms with Gasteiger partial charge in [-0.15, -0.1) is 0 Å². The van der Waals surface area contributed by atoms with Crippen molar-refractivity contribution >= 4 is 17.7 Å². The van der Waals surface area contributed by atoms with E-state index in [2.05, 4.69) is 0 Å². The number of hydrogen-bond donors (Lipinski definition) is 0. The van der Waals surface area contributed by atoms with Gasteiger partial charge in [0.15, 0.2) is 0 Å². The topological polar surface area (TPSA) is 20.3 Å². The van der Waals surface area contributed by atoms with E-state index in [0.29, 0.717) is 6.54 Å². The molecule has 1 aliphatic rings. The number of thioether (sulfide) groups is 1. The Bertz CT molecular complexity index is 201. The van der Waals surface area contributed by atoms with Crippen LogP contribution >= 0.6 is 11.8 Å². The van der Waals surface area contributed by atoms with Crippen molar-refractivity contribution in [3.8, 4) is 0 Å². The highest BCUT2D eigenvalue weighted by Gasteiger charge is 2.32. The fourth-order valence-corrected chi connectivity index (χ4v) is 2.47. The van der Waals surface area contributed by atoms with Gasteiger partial charge >= 0.3 is 6.43 Å². The number of carbonyl (C=O) groups is 1. The zero-order chi connectivity index (χ0) is 10.0. The molecule has 0 aromatic heterocycles. The van der Waals surface area contributed by atoms with Crippen LogP contribution in [0.3, 0.4) is 0 Å². The monoisotopic (exact) mass is 209 g/mol. The first-order valence-corrected chi connectivity index (χ1v) is 5.29. The Morgan fingerprint density at radius 1 is 1.54 bits per heavy atom. The van der Waals surface area contributed by atoms with Gasteiger partial charge in [-0.1, -0.05) is 6.92 Å². The second-order valence-electron chi connectivity index (χ2n) is 3.15. The van der Waals surface area contributed by atoms with Crippen LogP contribution in [-0.2, 0) is 4.79 Å². The standard InChI is InChI=1S/C8H13F2NOS/c1-5-6(2)13-4-3-11(5)8(12)7(9)10/h5-7H,3-4H2,1-2H3. The third-order valence-corrected chi connectivity index (χ3v) is 3.69. The minimum atomic E-state index is -2.86. The summed E-state index contributed by atoms with van der Waals surface area (Å²) in [4.78, 5) is 12.3. The number of halogens is 2. The molecule has 5 heteroatoms. The van der Waals surface area contributed by atoms with E-state index in [0.717, 1.165) is 5.75 Å². The molecule has 1 heterocycles. The molecule has 76 valence electrons. The molecule has 0 aromatic rings. The number of hydrogen-bond acceptors (Lipinski definition) is 2. The Kier molecular flexibility index (Phi) is 3.53. The van der Waals surface area contributed by atoms with Crippen molar-refractivity contribution in [2.45, 2.75) is 31.6 Å². The molecule has 1 aliphatic heterocycles. The van der Waals surface area contributed by atoms with Crippen LogP contribution < -0.4 is 0 Å². The average Bonchev–Trinajstić information content (AvgIpc) is 2.08. The maximum absolute atomic E-state index is 12.1. The van der Waals surface area contributed by atoms with Crippen LogP contribution in [0, 0.1) is 0 Å². The van der Waals surface area contributed by atoms with Crippen molar-refractivity contribution < 1.29 is 13.6 Å². The molecule has 13 heavy (non-hydrogen) atoms. The quantitative estimate of drug-likeness (QED) is 0.654. The Morgan fingerprint density at radius 3 is 2.69 bits per heavy atom. The van der Waals surface area contributed by atoms with Crippen molar-refractivity contribution in [2.75, 3.05) is 12.3 Å². The van der Waals surface area contributed by atoms with Crippen molar-refractivity contribution in [3.05, 3.63) is 0 Å². The molecule has 0 saturated carbocycles. The molecule has 1 rings (SSSR count). The number of rotatable bonds is 1. The minimum absolute atomic E-state index is 0.0831. The fraction of sp³-hybridized carbons (Fsp3) is 0.875. The zero-order valence-corrected chi connectivity index (χ0v) is 8.48. The fourth-order valence-electron chi connectivity index (χ4n) is 1.37. The van der Waals surface area contributed by atoms with E-state index in [1.54, 1.807) is 11.8 Å². The van der Waals surface area contributed by atoms with E-state index in [9.17, 15) is 13.6 Å². The summed E-state index contributed by atoms with van der Waals surface area (Å²) in [6.45, 7) is 4.22. The Labute approximate surface area is 80.7 Å². The molecule has 1 saturated heterocycles. The summed E-state index contributed by atoms with van der Waals surface area (Å²) in [5.41, 5.74) is 0. The predicted octanol–water partition coefficient (Wildman–Crippen LogP) is 1.60. The van der Waals surface area contributed by atoms with Gasteiger partial charge in [-0.25, -0.2) is 0 Å². The molecule has 2 nitrogen and oxygen atoms in total. The van der Waals surface area contributed by atoms with Gasteiger partial charge in [0.05, 0.1) is 0 Å².